The van der Waals surface area contributed by atoms with Gasteiger partial charge >= 0.3 is 11.7 Å². The van der Waals surface area contributed by atoms with Crippen molar-refractivity contribution < 1.29 is 9.53 Å². The molecule has 0 amide bonds. The average Bonchev–Trinajstić information content (AvgIpc) is 2.36. The Kier molecular flexibility index (Phi) is 4.62. The van der Waals surface area contributed by atoms with Gasteiger partial charge in [0, 0.05) is 27.2 Å². The predicted molar refractivity (Wildman–Crippen MR) is 69.8 cm³/mol. The minimum absolute atomic E-state index is 0.213. The van der Waals surface area contributed by atoms with E-state index in [2.05, 4.69) is 9.73 Å². The number of ether oxygens (including phenoxy) is 1. The van der Waals surface area contributed by atoms with Gasteiger partial charge in [-0.25, -0.2) is 14.4 Å². The molecule has 0 spiro atoms. The predicted octanol–water partition coefficient (Wildman–Crippen LogP) is -1.06. The van der Waals surface area contributed by atoms with Crippen molar-refractivity contribution in [1.82, 2.24) is 14.0 Å². The van der Waals surface area contributed by atoms with Crippen LogP contribution < -0.4 is 11.2 Å². The Bertz CT molecular complexity index is 612. The number of rotatable bonds is 4. The molecule has 0 N–H and O–H groups in total. The average molecular weight is 268 g/mol. The number of methoxy groups -OCH3 is 1. The van der Waals surface area contributed by atoms with E-state index in [9.17, 15) is 14.4 Å². The summed E-state index contributed by atoms with van der Waals surface area (Å²) in [6.07, 6.45) is 1.47. The van der Waals surface area contributed by atoms with E-state index in [-0.39, 0.29) is 5.82 Å². The summed E-state index contributed by atoms with van der Waals surface area (Å²) in [5, 5.41) is 0. The van der Waals surface area contributed by atoms with E-state index in [1.807, 2.05) is 0 Å². The summed E-state index contributed by atoms with van der Waals surface area (Å²) in [5.41, 5.74) is -1.22. The molecule has 19 heavy (non-hydrogen) atoms. The van der Waals surface area contributed by atoms with E-state index in [1.165, 1.54) is 31.1 Å². The number of carbonyl (C=O) groups is 1. The third-order valence-electron chi connectivity index (χ3n) is 2.32. The molecule has 1 aromatic rings. The summed E-state index contributed by atoms with van der Waals surface area (Å²) in [7, 11) is 6.19. The first-order chi connectivity index (χ1) is 8.86. The van der Waals surface area contributed by atoms with Crippen molar-refractivity contribution in [2.75, 3.05) is 21.2 Å². The Balaban J connectivity index is 3.28. The molecule has 0 aliphatic heterocycles. The molecular weight excluding hydrogens is 252 g/mol. The summed E-state index contributed by atoms with van der Waals surface area (Å²) < 4.78 is 6.41. The van der Waals surface area contributed by atoms with Crippen LogP contribution in [0.25, 0.3) is 0 Å². The van der Waals surface area contributed by atoms with Gasteiger partial charge in [0.05, 0.1) is 13.4 Å². The van der Waals surface area contributed by atoms with Gasteiger partial charge in [0.15, 0.2) is 0 Å². The number of hydrogen-bond donors (Lipinski definition) is 0. The molecule has 8 nitrogen and oxygen atoms in total. The molecule has 1 aromatic heterocycles. The highest BCUT2D eigenvalue weighted by atomic mass is 16.5. The minimum Gasteiger partial charge on any atom is -0.468 e. The molecule has 0 aliphatic carbocycles. The first-order valence-electron chi connectivity index (χ1n) is 5.45. The lowest BCUT2D eigenvalue weighted by Crippen LogP contribution is -2.40. The third kappa shape index (κ3) is 3.54. The monoisotopic (exact) mass is 268 g/mol. The van der Waals surface area contributed by atoms with Gasteiger partial charge in [-0.05, 0) is 0 Å². The zero-order valence-corrected chi connectivity index (χ0v) is 11.3. The first kappa shape index (κ1) is 14.7. The summed E-state index contributed by atoms with van der Waals surface area (Å²) in [6, 6.07) is 1.18. The van der Waals surface area contributed by atoms with Gasteiger partial charge in [0.2, 0.25) is 0 Å². The van der Waals surface area contributed by atoms with Gasteiger partial charge in [-0.2, -0.15) is 0 Å². The van der Waals surface area contributed by atoms with E-state index in [0.29, 0.717) is 0 Å². The maximum absolute atomic E-state index is 11.9. The fourth-order valence-electron chi connectivity index (χ4n) is 1.30. The first-order valence-corrected chi connectivity index (χ1v) is 5.45. The molecule has 0 unspecified atom stereocenters. The topological polar surface area (TPSA) is 85.9 Å². The van der Waals surface area contributed by atoms with Crippen LogP contribution in [0.1, 0.15) is 0 Å². The zero-order chi connectivity index (χ0) is 14.6. The fraction of sp³-hybridized carbons (Fsp3) is 0.455. The Morgan fingerprint density at radius 3 is 2.63 bits per heavy atom. The van der Waals surface area contributed by atoms with Crippen LogP contribution in [0, 0.1) is 0 Å². The number of aromatic nitrogens is 2. The van der Waals surface area contributed by atoms with E-state index in [1.54, 1.807) is 19.0 Å². The molecule has 1 heterocycles. The maximum Gasteiger partial charge on any atom is 0.332 e. The van der Waals surface area contributed by atoms with Gasteiger partial charge in [-0.3, -0.25) is 14.2 Å². The smallest absolute Gasteiger partial charge is 0.332 e. The largest absolute Gasteiger partial charge is 0.468 e. The lowest BCUT2D eigenvalue weighted by atomic mass is 10.5. The lowest BCUT2D eigenvalue weighted by molar-refractivity contribution is -0.141. The number of hydrogen-bond acceptors (Lipinski definition) is 5. The number of esters is 1. The highest BCUT2D eigenvalue weighted by Crippen LogP contribution is 2.02. The molecular formula is C11H16N4O4. The van der Waals surface area contributed by atoms with E-state index >= 15 is 0 Å². The Labute approximate surface area is 109 Å². The van der Waals surface area contributed by atoms with Crippen LogP contribution in [0.2, 0.25) is 0 Å². The van der Waals surface area contributed by atoms with Crippen LogP contribution in [0.5, 0.6) is 0 Å². The summed E-state index contributed by atoms with van der Waals surface area (Å²) in [6.45, 7) is -0.417. The van der Waals surface area contributed by atoms with E-state index < -0.39 is 23.8 Å². The van der Waals surface area contributed by atoms with Crippen LogP contribution in [-0.4, -0.2) is 47.5 Å². The molecule has 1 rings (SSSR count). The van der Waals surface area contributed by atoms with Gasteiger partial charge in [0.1, 0.15) is 12.4 Å². The fourth-order valence-corrected chi connectivity index (χ4v) is 1.30. The molecule has 0 saturated heterocycles. The van der Waals surface area contributed by atoms with Crippen LogP contribution >= 0.6 is 0 Å². The summed E-state index contributed by atoms with van der Waals surface area (Å²) in [4.78, 5) is 40.5. The third-order valence-corrected chi connectivity index (χ3v) is 2.32. The van der Waals surface area contributed by atoms with Crippen molar-refractivity contribution in [3.05, 3.63) is 26.9 Å². The Morgan fingerprint density at radius 1 is 1.47 bits per heavy atom. The Morgan fingerprint density at radius 2 is 2.11 bits per heavy atom. The summed E-state index contributed by atoms with van der Waals surface area (Å²) >= 11 is 0. The maximum atomic E-state index is 11.9. The number of aliphatic imine (C=N–C) groups is 1. The Hall–Kier alpha value is -2.38. The van der Waals surface area contributed by atoms with Gasteiger partial charge in [0.25, 0.3) is 5.56 Å². The molecule has 0 aliphatic rings. The second-order valence-corrected chi connectivity index (χ2v) is 4.05. The van der Waals surface area contributed by atoms with Gasteiger partial charge in [-0.1, -0.05) is 0 Å². The molecule has 0 saturated carbocycles. The van der Waals surface area contributed by atoms with Gasteiger partial charge < -0.3 is 9.64 Å². The second kappa shape index (κ2) is 5.98. The molecule has 0 aromatic carbocycles. The number of carbonyl (C=O) groups excluding carboxylic acids is 1. The quantitative estimate of drug-likeness (QED) is 0.395. The van der Waals surface area contributed by atoms with Crippen LogP contribution in [0.3, 0.4) is 0 Å². The zero-order valence-electron chi connectivity index (χ0n) is 11.3. The molecule has 8 heteroatoms. The molecule has 104 valence electrons. The lowest BCUT2D eigenvalue weighted by Gasteiger charge is -2.09. The van der Waals surface area contributed by atoms with Crippen LogP contribution in [-0.2, 0) is 23.1 Å². The molecule has 0 radical (unpaired) electrons. The standard InChI is InChI=1S/C11H16N4O4/c1-13(2)7-12-8-5-9(16)15(6-10(17)19-4)11(18)14(8)3/h5,7H,6H2,1-4H3. The van der Waals surface area contributed by atoms with Crippen molar-refractivity contribution >= 4 is 18.1 Å². The summed E-state index contributed by atoms with van der Waals surface area (Å²) in [5.74, 6) is -0.450. The van der Waals surface area contributed by atoms with Crippen molar-refractivity contribution in [3.8, 4) is 0 Å². The van der Waals surface area contributed by atoms with Crippen molar-refractivity contribution in [1.29, 1.82) is 0 Å². The SMILES string of the molecule is COC(=O)Cn1c(=O)cc(N=CN(C)C)n(C)c1=O. The highest BCUT2D eigenvalue weighted by Gasteiger charge is 2.11. The van der Waals surface area contributed by atoms with E-state index in [0.717, 1.165) is 4.57 Å². The van der Waals surface area contributed by atoms with Crippen LogP contribution in [0.15, 0.2) is 20.6 Å². The normalized spacial score (nSPS) is 10.7. The molecule has 0 fully saturated rings. The van der Waals surface area contributed by atoms with Crippen molar-refractivity contribution in [2.24, 2.45) is 12.0 Å². The van der Waals surface area contributed by atoms with Crippen molar-refractivity contribution in [2.45, 2.75) is 6.54 Å². The van der Waals surface area contributed by atoms with E-state index in [4.69, 9.17) is 0 Å². The highest BCUT2D eigenvalue weighted by molar-refractivity contribution is 5.68. The molecule has 0 atom stereocenters. The van der Waals surface area contributed by atoms with Crippen LogP contribution in [0.4, 0.5) is 5.82 Å². The van der Waals surface area contributed by atoms with Gasteiger partial charge in [-0.15, -0.1) is 0 Å². The molecule has 0 bridgehead atoms. The minimum atomic E-state index is -0.663. The number of nitrogens with zero attached hydrogens (tertiary/aromatic N) is 4. The second-order valence-electron chi connectivity index (χ2n) is 4.05. The van der Waals surface area contributed by atoms with Crippen molar-refractivity contribution in [3.63, 3.8) is 0 Å².